The predicted octanol–water partition coefficient (Wildman–Crippen LogP) is 2.03. The molecule has 0 aromatic heterocycles. The number of hydrogen-bond acceptors (Lipinski definition) is 2. The molecule has 1 rings (SSSR count). The van der Waals surface area contributed by atoms with Crippen molar-refractivity contribution in [3.05, 3.63) is 35.9 Å². The predicted molar refractivity (Wildman–Crippen MR) is 87.0 cm³/mol. The van der Waals surface area contributed by atoms with Crippen molar-refractivity contribution in [1.29, 1.82) is 0 Å². The fraction of sp³-hybridized carbons (Fsp3) is 0.562. The van der Waals surface area contributed by atoms with Gasteiger partial charge in [-0.3, -0.25) is 0 Å². The van der Waals surface area contributed by atoms with E-state index in [1.165, 1.54) is 5.56 Å². The van der Waals surface area contributed by atoms with E-state index in [0.717, 1.165) is 12.5 Å². The maximum absolute atomic E-state index is 4.67. The summed E-state index contributed by atoms with van der Waals surface area (Å²) in [5.41, 5.74) is 1.31. The molecule has 1 N–H and O–H groups in total. The number of rotatable bonds is 5. The fourth-order valence-electron chi connectivity index (χ4n) is 1.56. The Hall–Kier alpha value is -1.55. The molecule has 0 radical (unpaired) electrons. The van der Waals surface area contributed by atoms with Crippen LogP contribution in [0.2, 0.25) is 0 Å². The van der Waals surface area contributed by atoms with Crippen LogP contribution in [0, 0.1) is 0 Å². The quantitative estimate of drug-likeness (QED) is 0.659. The second kappa shape index (κ2) is 7.29. The summed E-state index contributed by atoms with van der Waals surface area (Å²) in [6.45, 7) is 5.98. The van der Waals surface area contributed by atoms with E-state index >= 15 is 0 Å². The Morgan fingerprint density at radius 1 is 1.10 bits per heavy atom. The van der Waals surface area contributed by atoms with Crippen molar-refractivity contribution in [2.45, 2.75) is 25.9 Å². The highest BCUT2D eigenvalue weighted by atomic mass is 15.3. The summed E-state index contributed by atoms with van der Waals surface area (Å²) in [7, 11) is 8.22. The topological polar surface area (TPSA) is 30.9 Å². The molecular weight excluding hydrogens is 248 g/mol. The van der Waals surface area contributed by atoms with E-state index in [1.807, 2.05) is 37.2 Å². The zero-order valence-corrected chi connectivity index (χ0v) is 13.6. The van der Waals surface area contributed by atoms with Gasteiger partial charge in [-0.15, -0.1) is 0 Å². The molecule has 0 aliphatic heterocycles. The van der Waals surface area contributed by atoms with E-state index < -0.39 is 0 Å². The maximum Gasteiger partial charge on any atom is 0.193 e. The van der Waals surface area contributed by atoms with E-state index in [9.17, 15) is 0 Å². The highest BCUT2D eigenvalue weighted by Gasteiger charge is 2.20. The van der Waals surface area contributed by atoms with Gasteiger partial charge in [0.25, 0.3) is 0 Å². The van der Waals surface area contributed by atoms with Crippen LogP contribution in [0.3, 0.4) is 0 Å². The normalized spacial score (nSPS) is 12.7. The lowest BCUT2D eigenvalue weighted by atomic mass is 10.0. The smallest absolute Gasteiger partial charge is 0.193 e. The van der Waals surface area contributed by atoms with Crippen LogP contribution in [-0.4, -0.2) is 56.0 Å². The highest BCUT2D eigenvalue weighted by Crippen LogP contribution is 2.08. The highest BCUT2D eigenvalue weighted by molar-refractivity contribution is 5.79. The third-order valence-electron chi connectivity index (χ3n) is 3.57. The summed E-state index contributed by atoms with van der Waals surface area (Å²) in [4.78, 5) is 8.90. The molecule has 0 saturated carbocycles. The zero-order chi connectivity index (χ0) is 15.2. The minimum atomic E-state index is 0.0868. The Morgan fingerprint density at radius 3 is 2.20 bits per heavy atom. The molecule has 0 heterocycles. The number of nitrogens with zero attached hydrogens (tertiary/aromatic N) is 3. The molecule has 1 aromatic carbocycles. The molecule has 0 aliphatic carbocycles. The van der Waals surface area contributed by atoms with Gasteiger partial charge in [-0.2, -0.15) is 0 Å². The molecule has 0 saturated heterocycles. The van der Waals surface area contributed by atoms with E-state index in [0.29, 0.717) is 6.54 Å². The van der Waals surface area contributed by atoms with Crippen LogP contribution in [0.15, 0.2) is 35.3 Å². The minimum absolute atomic E-state index is 0.0868. The summed E-state index contributed by atoms with van der Waals surface area (Å²) in [5, 5.41) is 3.45. The van der Waals surface area contributed by atoms with Gasteiger partial charge in [0.15, 0.2) is 5.96 Å². The van der Waals surface area contributed by atoms with Gasteiger partial charge in [0.2, 0.25) is 0 Å². The second-order valence-corrected chi connectivity index (χ2v) is 6.08. The Kier molecular flexibility index (Phi) is 6.02. The van der Waals surface area contributed by atoms with E-state index in [1.54, 1.807) is 0 Å². The molecule has 0 fully saturated rings. The monoisotopic (exact) mass is 276 g/mol. The molecule has 0 atom stereocenters. The standard InChI is InChI=1S/C16H28N4/c1-16(2,20(5)6)13-18-15(19(3)4)17-12-14-10-8-7-9-11-14/h7-11H,12-13H2,1-6H3,(H,17,18). The van der Waals surface area contributed by atoms with Crippen LogP contribution in [0.5, 0.6) is 0 Å². The third-order valence-corrected chi connectivity index (χ3v) is 3.57. The Bertz CT molecular complexity index is 421. The van der Waals surface area contributed by atoms with Gasteiger partial charge in [0.05, 0.1) is 6.54 Å². The first-order valence-corrected chi connectivity index (χ1v) is 7.00. The second-order valence-electron chi connectivity index (χ2n) is 6.08. The van der Waals surface area contributed by atoms with E-state index in [4.69, 9.17) is 0 Å². The first-order chi connectivity index (χ1) is 9.33. The summed E-state index contributed by atoms with van der Waals surface area (Å²) >= 11 is 0. The van der Waals surface area contributed by atoms with E-state index in [2.05, 4.69) is 55.3 Å². The van der Waals surface area contributed by atoms with Gasteiger partial charge in [0.1, 0.15) is 0 Å². The fourth-order valence-corrected chi connectivity index (χ4v) is 1.56. The maximum atomic E-state index is 4.67. The molecule has 20 heavy (non-hydrogen) atoms. The van der Waals surface area contributed by atoms with Crippen LogP contribution < -0.4 is 5.32 Å². The number of guanidine groups is 1. The molecule has 112 valence electrons. The molecule has 4 heteroatoms. The van der Waals surface area contributed by atoms with Crippen LogP contribution in [-0.2, 0) is 6.54 Å². The van der Waals surface area contributed by atoms with Crippen molar-refractivity contribution in [2.75, 3.05) is 34.7 Å². The van der Waals surface area contributed by atoms with Gasteiger partial charge in [0, 0.05) is 26.2 Å². The molecule has 4 nitrogen and oxygen atoms in total. The lowest BCUT2D eigenvalue weighted by Gasteiger charge is -2.34. The van der Waals surface area contributed by atoms with Crippen molar-refractivity contribution >= 4 is 5.96 Å². The Labute approximate surface area is 123 Å². The molecule has 0 aliphatic rings. The molecule has 0 amide bonds. The van der Waals surface area contributed by atoms with Gasteiger partial charge >= 0.3 is 0 Å². The molecule has 0 bridgehead atoms. The number of nitrogens with one attached hydrogen (secondary N) is 1. The van der Waals surface area contributed by atoms with Crippen molar-refractivity contribution in [3.63, 3.8) is 0 Å². The van der Waals surface area contributed by atoms with Gasteiger partial charge in [-0.1, -0.05) is 30.3 Å². The van der Waals surface area contributed by atoms with Crippen molar-refractivity contribution < 1.29 is 0 Å². The first kappa shape index (κ1) is 16.5. The number of benzene rings is 1. The van der Waals surface area contributed by atoms with E-state index in [-0.39, 0.29) is 5.54 Å². The first-order valence-electron chi connectivity index (χ1n) is 7.00. The average molecular weight is 276 g/mol. The summed E-state index contributed by atoms with van der Waals surface area (Å²) in [6, 6.07) is 10.3. The number of likely N-dealkylation sites (N-methyl/N-ethyl adjacent to an activating group) is 1. The van der Waals surface area contributed by atoms with Crippen molar-refractivity contribution in [2.24, 2.45) is 4.99 Å². The SMILES string of the molecule is CN(C)C(=NCc1ccccc1)NCC(C)(C)N(C)C. The lowest BCUT2D eigenvalue weighted by Crippen LogP contribution is -2.50. The van der Waals surface area contributed by atoms with Crippen LogP contribution in [0.4, 0.5) is 0 Å². The van der Waals surface area contributed by atoms with Gasteiger partial charge in [-0.05, 0) is 33.5 Å². The lowest BCUT2D eigenvalue weighted by molar-refractivity contribution is 0.196. The van der Waals surface area contributed by atoms with Gasteiger partial charge < -0.3 is 15.1 Å². The Balaban J connectivity index is 2.65. The zero-order valence-electron chi connectivity index (χ0n) is 13.6. The third kappa shape index (κ3) is 5.21. The average Bonchev–Trinajstić information content (AvgIpc) is 2.39. The van der Waals surface area contributed by atoms with Crippen LogP contribution >= 0.6 is 0 Å². The molecule has 0 unspecified atom stereocenters. The van der Waals surface area contributed by atoms with Crippen LogP contribution in [0.1, 0.15) is 19.4 Å². The molecule has 1 aromatic rings. The summed E-state index contributed by atoms with van der Waals surface area (Å²) in [6.07, 6.45) is 0. The largest absolute Gasteiger partial charge is 0.354 e. The minimum Gasteiger partial charge on any atom is -0.354 e. The number of hydrogen-bond donors (Lipinski definition) is 1. The van der Waals surface area contributed by atoms with Crippen molar-refractivity contribution in [3.8, 4) is 0 Å². The van der Waals surface area contributed by atoms with Crippen LogP contribution in [0.25, 0.3) is 0 Å². The van der Waals surface area contributed by atoms with Gasteiger partial charge in [-0.25, -0.2) is 4.99 Å². The molecule has 0 spiro atoms. The summed E-state index contributed by atoms with van der Waals surface area (Å²) < 4.78 is 0. The number of aliphatic imine (C=N–C) groups is 1. The summed E-state index contributed by atoms with van der Waals surface area (Å²) in [5.74, 6) is 0.920. The molecular formula is C16H28N4. The Morgan fingerprint density at radius 2 is 1.70 bits per heavy atom. The van der Waals surface area contributed by atoms with Crippen molar-refractivity contribution in [1.82, 2.24) is 15.1 Å².